The number of halogens is 2. The molecule has 7 heteroatoms. The summed E-state index contributed by atoms with van der Waals surface area (Å²) in [5.74, 6) is 0.396. The number of nitrogens with one attached hydrogen (secondary N) is 3. The van der Waals surface area contributed by atoms with Crippen LogP contribution < -0.4 is 16.0 Å². The number of amides is 1. The highest BCUT2D eigenvalue weighted by Crippen LogP contribution is 2.20. The van der Waals surface area contributed by atoms with Crippen molar-refractivity contribution >= 4 is 45.1 Å². The van der Waals surface area contributed by atoms with Crippen LogP contribution in [0.5, 0.6) is 0 Å². The van der Waals surface area contributed by atoms with Crippen LogP contribution in [-0.2, 0) is 11.3 Å². The van der Waals surface area contributed by atoms with Gasteiger partial charge in [-0.15, -0.1) is 0 Å². The zero-order chi connectivity index (χ0) is 18.2. The third kappa shape index (κ3) is 6.40. The van der Waals surface area contributed by atoms with Gasteiger partial charge in [0.05, 0.1) is 6.54 Å². The smallest absolute Gasteiger partial charge is 0.243 e. The minimum atomic E-state index is -0.146. The molecule has 0 unspecified atom stereocenters. The molecule has 2 rings (SSSR count). The Bertz CT molecular complexity index is 779. The van der Waals surface area contributed by atoms with Crippen LogP contribution in [-0.4, -0.2) is 25.5 Å². The van der Waals surface area contributed by atoms with Crippen molar-refractivity contribution in [2.45, 2.75) is 13.5 Å². The summed E-state index contributed by atoms with van der Waals surface area (Å²) in [5, 5.41) is 9.70. The molecule has 0 spiro atoms. The number of aryl methyl sites for hydroxylation is 1. The van der Waals surface area contributed by atoms with Crippen molar-refractivity contribution in [2.24, 2.45) is 4.99 Å². The Morgan fingerprint density at radius 1 is 1.20 bits per heavy atom. The largest absolute Gasteiger partial charge is 0.352 e. The number of benzene rings is 2. The van der Waals surface area contributed by atoms with Gasteiger partial charge in [-0.3, -0.25) is 9.79 Å². The van der Waals surface area contributed by atoms with E-state index in [9.17, 15) is 4.79 Å². The van der Waals surface area contributed by atoms with Crippen molar-refractivity contribution in [1.82, 2.24) is 10.6 Å². The molecule has 0 fully saturated rings. The second-order valence-corrected chi connectivity index (χ2v) is 6.77. The van der Waals surface area contributed by atoms with Gasteiger partial charge in [-0.2, -0.15) is 0 Å². The summed E-state index contributed by atoms with van der Waals surface area (Å²) in [6.45, 7) is 2.62. The molecule has 0 aliphatic rings. The first-order chi connectivity index (χ1) is 12.0. The highest BCUT2D eigenvalue weighted by molar-refractivity contribution is 9.10. The number of carbonyl (C=O) groups is 1. The monoisotopic (exact) mass is 422 g/mol. The Kier molecular flexibility index (Phi) is 7.28. The standard InChI is InChI=1S/C18H20BrClN4O/c1-12-6-7-14(19)9-16(12)24-17(25)11-23-18(21-2)22-10-13-4-3-5-15(20)8-13/h3-9H,10-11H2,1-2H3,(H,24,25)(H2,21,22,23). The average molecular weight is 424 g/mol. The molecule has 0 bridgehead atoms. The summed E-state index contributed by atoms with van der Waals surface area (Å²) in [6.07, 6.45) is 0. The van der Waals surface area contributed by atoms with E-state index in [2.05, 4.69) is 36.9 Å². The third-order valence-electron chi connectivity index (χ3n) is 3.46. The average Bonchev–Trinajstić information content (AvgIpc) is 2.58. The zero-order valence-electron chi connectivity index (χ0n) is 14.1. The van der Waals surface area contributed by atoms with Gasteiger partial charge in [-0.1, -0.05) is 45.7 Å². The summed E-state index contributed by atoms with van der Waals surface area (Å²) in [4.78, 5) is 16.2. The number of carbonyl (C=O) groups excluding carboxylic acids is 1. The fourth-order valence-electron chi connectivity index (χ4n) is 2.14. The van der Waals surface area contributed by atoms with E-state index < -0.39 is 0 Å². The molecule has 3 N–H and O–H groups in total. The van der Waals surface area contributed by atoms with Gasteiger partial charge < -0.3 is 16.0 Å². The van der Waals surface area contributed by atoms with Crippen molar-refractivity contribution in [1.29, 1.82) is 0 Å². The fourth-order valence-corrected chi connectivity index (χ4v) is 2.71. The summed E-state index contributed by atoms with van der Waals surface area (Å²) in [5.41, 5.74) is 2.81. The molecule has 0 radical (unpaired) electrons. The van der Waals surface area contributed by atoms with Crippen LogP contribution >= 0.6 is 27.5 Å². The first-order valence-corrected chi connectivity index (χ1v) is 8.90. The van der Waals surface area contributed by atoms with Gasteiger partial charge in [-0.05, 0) is 42.3 Å². The van der Waals surface area contributed by atoms with E-state index in [-0.39, 0.29) is 12.5 Å². The Labute approximate surface area is 161 Å². The normalized spacial score (nSPS) is 11.1. The molecule has 25 heavy (non-hydrogen) atoms. The number of nitrogens with zero attached hydrogens (tertiary/aromatic N) is 1. The molecule has 0 aliphatic carbocycles. The Balaban J connectivity index is 1.83. The summed E-state index contributed by atoms with van der Waals surface area (Å²) >= 11 is 9.37. The number of aliphatic imine (C=N–C) groups is 1. The number of hydrogen-bond acceptors (Lipinski definition) is 2. The highest BCUT2D eigenvalue weighted by atomic mass is 79.9. The number of anilines is 1. The fraction of sp³-hybridized carbons (Fsp3) is 0.222. The maximum absolute atomic E-state index is 12.1. The molecule has 5 nitrogen and oxygen atoms in total. The molecule has 132 valence electrons. The molecule has 0 atom stereocenters. The second-order valence-electron chi connectivity index (χ2n) is 5.42. The lowest BCUT2D eigenvalue weighted by molar-refractivity contribution is -0.115. The first kappa shape index (κ1) is 19.3. The molecule has 0 aliphatic heterocycles. The quantitative estimate of drug-likeness (QED) is 0.507. The lowest BCUT2D eigenvalue weighted by atomic mass is 10.2. The van der Waals surface area contributed by atoms with Crippen LogP contribution in [0, 0.1) is 6.92 Å². The van der Waals surface area contributed by atoms with Gasteiger partial charge in [0.25, 0.3) is 0 Å². The molecule has 0 saturated carbocycles. The summed E-state index contributed by atoms with van der Waals surface area (Å²) in [6, 6.07) is 13.3. The van der Waals surface area contributed by atoms with E-state index in [1.807, 2.05) is 49.4 Å². The minimum absolute atomic E-state index is 0.112. The van der Waals surface area contributed by atoms with E-state index in [0.29, 0.717) is 17.5 Å². The van der Waals surface area contributed by atoms with Gasteiger partial charge in [0.2, 0.25) is 5.91 Å². The maximum Gasteiger partial charge on any atom is 0.243 e. The van der Waals surface area contributed by atoms with Gasteiger partial charge in [-0.25, -0.2) is 0 Å². The molecular weight excluding hydrogens is 404 g/mol. The minimum Gasteiger partial charge on any atom is -0.352 e. The molecule has 0 aromatic heterocycles. The Morgan fingerprint density at radius 3 is 2.72 bits per heavy atom. The SMILES string of the molecule is CN=C(NCC(=O)Nc1cc(Br)ccc1C)NCc1cccc(Cl)c1. The van der Waals surface area contributed by atoms with Crippen molar-refractivity contribution in [3.05, 3.63) is 63.1 Å². The van der Waals surface area contributed by atoms with Gasteiger partial charge in [0, 0.05) is 28.8 Å². The predicted molar refractivity (Wildman–Crippen MR) is 107 cm³/mol. The first-order valence-electron chi connectivity index (χ1n) is 7.73. The molecule has 2 aromatic carbocycles. The van der Waals surface area contributed by atoms with Crippen LogP contribution in [0.2, 0.25) is 5.02 Å². The second kappa shape index (κ2) is 9.44. The topological polar surface area (TPSA) is 65.5 Å². The highest BCUT2D eigenvalue weighted by Gasteiger charge is 2.07. The van der Waals surface area contributed by atoms with Crippen molar-refractivity contribution < 1.29 is 4.79 Å². The van der Waals surface area contributed by atoms with Gasteiger partial charge >= 0.3 is 0 Å². The van der Waals surface area contributed by atoms with Crippen molar-refractivity contribution in [3.8, 4) is 0 Å². The lowest BCUT2D eigenvalue weighted by Crippen LogP contribution is -2.41. The van der Waals surface area contributed by atoms with Crippen LogP contribution in [0.4, 0.5) is 5.69 Å². The number of guanidine groups is 1. The molecular formula is C18H20BrClN4O. The van der Waals surface area contributed by atoms with E-state index in [0.717, 1.165) is 21.3 Å². The molecule has 2 aromatic rings. The van der Waals surface area contributed by atoms with Crippen LogP contribution in [0.15, 0.2) is 51.9 Å². The molecule has 0 heterocycles. The van der Waals surface area contributed by atoms with Crippen molar-refractivity contribution in [3.63, 3.8) is 0 Å². The number of rotatable bonds is 5. The Hall–Kier alpha value is -2.05. The van der Waals surface area contributed by atoms with Gasteiger partial charge in [0.15, 0.2) is 5.96 Å². The summed E-state index contributed by atoms with van der Waals surface area (Å²) in [7, 11) is 1.66. The van der Waals surface area contributed by atoms with E-state index in [1.165, 1.54) is 0 Å². The van der Waals surface area contributed by atoms with E-state index >= 15 is 0 Å². The third-order valence-corrected chi connectivity index (χ3v) is 4.19. The van der Waals surface area contributed by atoms with Crippen LogP contribution in [0.1, 0.15) is 11.1 Å². The molecule has 1 amide bonds. The molecule has 0 saturated heterocycles. The van der Waals surface area contributed by atoms with Crippen LogP contribution in [0.25, 0.3) is 0 Å². The van der Waals surface area contributed by atoms with Gasteiger partial charge in [0.1, 0.15) is 0 Å². The predicted octanol–water partition coefficient (Wildman–Crippen LogP) is 3.71. The maximum atomic E-state index is 12.1. The zero-order valence-corrected chi connectivity index (χ0v) is 16.4. The lowest BCUT2D eigenvalue weighted by Gasteiger charge is -2.13. The number of hydrogen-bond donors (Lipinski definition) is 3. The Morgan fingerprint density at radius 2 is 2.00 bits per heavy atom. The van der Waals surface area contributed by atoms with E-state index in [4.69, 9.17) is 11.6 Å². The van der Waals surface area contributed by atoms with Crippen molar-refractivity contribution in [2.75, 3.05) is 18.9 Å². The van der Waals surface area contributed by atoms with E-state index in [1.54, 1.807) is 7.05 Å². The van der Waals surface area contributed by atoms with Crippen LogP contribution in [0.3, 0.4) is 0 Å². The summed E-state index contributed by atoms with van der Waals surface area (Å²) < 4.78 is 0.917.